The zero-order chi connectivity index (χ0) is 20.1. The second-order valence-electron chi connectivity index (χ2n) is 6.37. The zero-order valence-corrected chi connectivity index (χ0v) is 16.2. The molecule has 0 radical (unpaired) electrons. The Labute approximate surface area is 163 Å². The van der Waals surface area contributed by atoms with Crippen molar-refractivity contribution in [2.45, 2.75) is 26.7 Å². The third kappa shape index (κ3) is 3.96. The number of ether oxygens (including phenoxy) is 1. The van der Waals surface area contributed by atoms with Crippen LogP contribution >= 0.6 is 0 Å². The molecule has 0 amide bonds. The van der Waals surface area contributed by atoms with E-state index in [1.54, 1.807) is 6.92 Å². The fraction of sp³-hybridized carbons (Fsp3) is 0.227. The van der Waals surface area contributed by atoms with Crippen LogP contribution in [-0.4, -0.2) is 28.6 Å². The van der Waals surface area contributed by atoms with Gasteiger partial charge in [0.1, 0.15) is 0 Å². The van der Waals surface area contributed by atoms with Crippen molar-refractivity contribution in [3.63, 3.8) is 0 Å². The number of para-hydroxylation sites is 2. The molecule has 1 aromatic heterocycles. The number of nitrogens with zero attached hydrogens (tertiary/aromatic N) is 2. The third-order valence-corrected chi connectivity index (χ3v) is 4.55. The first-order valence-corrected chi connectivity index (χ1v) is 9.14. The van der Waals surface area contributed by atoms with E-state index in [-0.39, 0.29) is 12.0 Å². The summed E-state index contributed by atoms with van der Waals surface area (Å²) in [4.78, 5) is 29.7. The number of carbonyl (C=O) groups excluding carboxylic acids is 1. The van der Waals surface area contributed by atoms with E-state index in [0.29, 0.717) is 22.7 Å². The quantitative estimate of drug-likeness (QED) is 0.527. The number of nitrogens with one attached hydrogen (secondary N) is 1. The maximum atomic E-state index is 13.1. The van der Waals surface area contributed by atoms with Crippen LogP contribution in [0.4, 0.5) is 5.69 Å². The Balaban J connectivity index is 2.15. The highest BCUT2D eigenvalue weighted by Crippen LogP contribution is 2.21. The topological polar surface area (TPSA) is 76.4 Å². The van der Waals surface area contributed by atoms with E-state index in [0.717, 1.165) is 17.7 Å². The fourth-order valence-corrected chi connectivity index (χ4v) is 3.11. The number of rotatable bonds is 6. The van der Waals surface area contributed by atoms with Crippen LogP contribution in [0.2, 0.25) is 0 Å². The molecule has 0 aliphatic heterocycles. The van der Waals surface area contributed by atoms with Crippen molar-refractivity contribution in [3.05, 3.63) is 81.8 Å². The van der Waals surface area contributed by atoms with Crippen LogP contribution in [0.1, 0.15) is 30.7 Å². The summed E-state index contributed by atoms with van der Waals surface area (Å²) < 4.78 is 6.22. The highest BCUT2D eigenvalue weighted by Gasteiger charge is 2.20. The van der Waals surface area contributed by atoms with Crippen LogP contribution < -0.4 is 5.56 Å². The maximum absolute atomic E-state index is 13.1. The van der Waals surface area contributed by atoms with Crippen molar-refractivity contribution >= 4 is 17.4 Å². The molecule has 28 heavy (non-hydrogen) atoms. The lowest BCUT2D eigenvalue weighted by atomic mass is 10.1. The Morgan fingerprint density at radius 2 is 1.79 bits per heavy atom. The molecule has 0 spiro atoms. The first kappa shape index (κ1) is 19.4. The van der Waals surface area contributed by atoms with Crippen molar-refractivity contribution in [2.75, 3.05) is 7.11 Å². The SMILES string of the molecule is CCc1ccccc1N=C(C)c1c(CC(=O)OC)[nH]n(-c2ccccc2)c1=O. The van der Waals surface area contributed by atoms with Crippen LogP contribution in [0.25, 0.3) is 5.69 Å². The van der Waals surface area contributed by atoms with Crippen LogP contribution in [-0.2, 0) is 22.4 Å². The largest absolute Gasteiger partial charge is 0.469 e. The predicted octanol–water partition coefficient (Wildman–Crippen LogP) is 3.58. The van der Waals surface area contributed by atoms with Crippen molar-refractivity contribution < 1.29 is 9.53 Å². The molecule has 0 atom stereocenters. The van der Waals surface area contributed by atoms with Gasteiger partial charge in [-0.2, -0.15) is 0 Å². The Bertz CT molecular complexity index is 1060. The molecule has 6 nitrogen and oxygen atoms in total. The molecule has 3 rings (SSSR count). The molecule has 0 unspecified atom stereocenters. The number of aromatic nitrogens is 2. The molecule has 0 fully saturated rings. The third-order valence-electron chi connectivity index (χ3n) is 4.55. The van der Waals surface area contributed by atoms with E-state index >= 15 is 0 Å². The molecule has 2 aromatic carbocycles. The average Bonchev–Trinajstić information content (AvgIpc) is 3.04. The van der Waals surface area contributed by atoms with Gasteiger partial charge in [0.15, 0.2) is 0 Å². The molecule has 0 aliphatic rings. The first-order valence-electron chi connectivity index (χ1n) is 9.14. The molecule has 0 saturated carbocycles. The molecule has 0 saturated heterocycles. The first-order chi connectivity index (χ1) is 13.5. The molecule has 0 aliphatic carbocycles. The van der Waals surface area contributed by atoms with Crippen molar-refractivity contribution in [1.29, 1.82) is 0 Å². The fourth-order valence-electron chi connectivity index (χ4n) is 3.11. The number of benzene rings is 2. The Hall–Kier alpha value is -3.41. The van der Waals surface area contributed by atoms with Gasteiger partial charge in [0.25, 0.3) is 5.56 Å². The van der Waals surface area contributed by atoms with Crippen molar-refractivity contribution in [1.82, 2.24) is 9.78 Å². The number of aryl methyl sites for hydroxylation is 1. The lowest BCUT2D eigenvalue weighted by Crippen LogP contribution is -2.20. The van der Waals surface area contributed by atoms with Crippen molar-refractivity contribution in [3.8, 4) is 5.69 Å². The summed E-state index contributed by atoms with van der Waals surface area (Å²) in [6.07, 6.45) is 0.798. The van der Waals surface area contributed by atoms with Gasteiger partial charge in [-0.05, 0) is 37.1 Å². The number of hydrogen-bond acceptors (Lipinski definition) is 4. The number of aliphatic imine (C=N–C) groups is 1. The van der Waals surface area contributed by atoms with Gasteiger partial charge >= 0.3 is 5.97 Å². The van der Waals surface area contributed by atoms with Gasteiger partial charge in [0.05, 0.1) is 41.9 Å². The van der Waals surface area contributed by atoms with E-state index in [1.165, 1.54) is 11.8 Å². The van der Waals surface area contributed by atoms with E-state index in [1.807, 2.05) is 54.6 Å². The van der Waals surface area contributed by atoms with E-state index in [9.17, 15) is 9.59 Å². The summed E-state index contributed by atoms with van der Waals surface area (Å²) in [5, 5.41) is 3.05. The van der Waals surface area contributed by atoms with Gasteiger partial charge in [0, 0.05) is 0 Å². The van der Waals surface area contributed by atoms with Gasteiger partial charge in [-0.1, -0.05) is 43.3 Å². The standard InChI is InChI=1S/C22H23N3O3/c1-4-16-10-8-9-13-18(16)23-15(2)21-19(14-20(26)28-3)24-25(22(21)27)17-11-6-5-7-12-17/h5-13,24H,4,14H2,1-3H3. The number of H-pyrrole nitrogens is 1. The van der Waals surface area contributed by atoms with E-state index < -0.39 is 5.97 Å². The number of aromatic amines is 1. The smallest absolute Gasteiger partial charge is 0.311 e. The lowest BCUT2D eigenvalue weighted by molar-refractivity contribution is -0.139. The Morgan fingerprint density at radius 1 is 1.11 bits per heavy atom. The van der Waals surface area contributed by atoms with Gasteiger partial charge < -0.3 is 4.74 Å². The number of esters is 1. The molecular formula is C22H23N3O3. The minimum Gasteiger partial charge on any atom is -0.469 e. The summed E-state index contributed by atoms with van der Waals surface area (Å²) in [6, 6.07) is 17.0. The minimum atomic E-state index is -0.426. The van der Waals surface area contributed by atoms with Crippen LogP contribution in [0.15, 0.2) is 64.4 Å². The van der Waals surface area contributed by atoms with Crippen molar-refractivity contribution in [2.24, 2.45) is 4.99 Å². The van der Waals surface area contributed by atoms with Gasteiger partial charge in [-0.15, -0.1) is 0 Å². The molecule has 6 heteroatoms. The summed E-state index contributed by atoms with van der Waals surface area (Å²) in [5.41, 5.74) is 3.77. The van der Waals surface area contributed by atoms with Crippen LogP contribution in [0.3, 0.4) is 0 Å². The Kier molecular flexibility index (Phi) is 5.89. The summed E-state index contributed by atoms with van der Waals surface area (Å²) in [5.74, 6) is -0.426. The summed E-state index contributed by atoms with van der Waals surface area (Å²) in [6.45, 7) is 3.85. The lowest BCUT2D eigenvalue weighted by Gasteiger charge is -2.05. The molecule has 1 heterocycles. The second kappa shape index (κ2) is 8.52. The normalized spacial score (nSPS) is 11.5. The number of carbonyl (C=O) groups is 1. The van der Waals surface area contributed by atoms with Gasteiger partial charge in [-0.25, -0.2) is 4.68 Å². The predicted molar refractivity (Wildman–Crippen MR) is 110 cm³/mol. The maximum Gasteiger partial charge on any atom is 0.311 e. The van der Waals surface area contributed by atoms with Gasteiger partial charge in [-0.3, -0.25) is 19.7 Å². The van der Waals surface area contributed by atoms with E-state index in [2.05, 4.69) is 12.0 Å². The minimum absolute atomic E-state index is 0.0385. The Morgan fingerprint density at radius 3 is 2.46 bits per heavy atom. The van der Waals surface area contributed by atoms with Crippen LogP contribution in [0.5, 0.6) is 0 Å². The average molecular weight is 377 g/mol. The number of methoxy groups -OCH3 is 1. The molecule has 144 valence electrons. The van der Waals surface area contributed by atoms with E-state index in [4.69, 9.17) is 9.73 Å². The molecule has 1 N–H and O–H groups in total. The van der Waals surface area contributed by atoms with Gasteiger partial charge in [0.2, 0.25) is 0 Å². The molecule has 0 bridgehead atoms. The highest BCUT2D eigenvalue weighted by molar-refractivity contribution is 6.01. The second-order valence-corrected chi connectivity index (χ2v) is 6.37. The summed E-state index contributed by atoms with van der Waals surface area (Å²) >= 11 is 0. The molecular weight excluding hydrogens is 354 g/mol. The summed E-state index contributed by atoms with van der Waals surface area (Å²) in [7, 11) is 1.33. The zero-order valence-electron chi connectivity index (χ0n) is 16.2. The monoisotopic (exact) mass is 377 g/mol. The highest BCUT2D eigenvalue weighted by atomic mass is 16.5. The van der Waals surface area contributed by atoms with Crippen LogP contribution in [0, 0.1) is 0 Å². The molecule has 3 aromatic rings. The number of hydrogen-bond donors (Lipinski definition) is 1.